The fourth-order valence-electron chi connectivity index (χ4n) is 4.59. The molecule has 4 rings (SSSR count). The molecule has 0 spiro atoms. The molecule has 0 radical (unpaired) electrons. The number of aromatic amines is 1. The van der Waals surface area contributed by atoms with E-state index in [0.717, 1.165) is 41.7 Å². The number of aryl methyl sites for hydroxylation is 3. The van der Waals surface area contributed by atoms with Crippen LogP contribution < -0.4 is 10.9 Å². The highest BCUT2D eigenvalue weighted by Gasteiger charge is 2.27. The van der Waals surface area contributed by atoms with Gasteiger partial charge in [0.05, 0.1) is 6.04 Å². The van der Waals surface area contributed by atoms with E-state index in [0.29, 0.717) is 12.5 Å². The van der Waals surface area contributed by atoms with Gasteiger partial charge in [0.1, 0.15) is 5.56 Å². The molecule has 0 saturated heterocycles. The molecule has 3 aromatic rings. The largest absolute Gasteiger partial charge is 0.356 e. The summed E-state index contributed by atoms with van der Waals surface area (Å²) < 4.78 is 1.72. The van der Waals surface area contributed by atoms with Crippen LogP contribution in [0.4, 0.5) is 0 Å². The Kier molecular flexibility index (Phi) is 5.07. The molecule has 0 saturated carbocycles. The first kappa shape index (κ1) is 19.5. The molecule has 0 bridgehead atoms. The van der Waals surface area contributed by atoms with E-state index in [1.807, 2.05) is 32.0 Å². The Hall–Kier alpha value is -2.82. The van der Waals surface area contributed by atoms with Crippen LogP contribution in [0.3, 0.4) is 0 Å². The molecule has 0 fully saturated rings. The quantitative estimate of drug-likeness (QED) is 0.692. The Bertz CT molecular complexity index is 1140. The molecular weight excluding hydrogens is 362 g/mol. The number of rotatable bonds is 4. The molecule has 5 heteroatoms. The van der Waals surface area contributed by atoms with Gasteiger partial charge in [0.2, 0.25) is 0 Å². The van der Waals surface area contributed by atoms with E-state index in [4.69, 9.17) is 0 Å². The van der Waals surface area contributed by atoms with Gasteiger partial charge in [-0.3, -0.25) is 9.59 Å². The van der Waals surface area contributed by atoms with Gasteiger partial charge in [-0.25, -0.2) is 0 Å². The molecule has 1 atom stereocenters. The van der Waals surface area contributed by atoms with Crippen LogP contribution in [-0.2, 0) is 13.0 Å². The first-order valence-corrected chi connectivity index (χ1v) is 10.5. The second kappa shape index (κ2) is 7.54. The number of carbonyl (C=O) groups excluding carboxylic acids is 1. The number of amides is 1. The minimum absolute atomic E-state index is 0.0997. The molecule has 0 unspecified atom stereocenters. The highest BCUT2D eigenvalue weighted by atomic mass is 16.2. The molecular formula is C24H29N3O2. The molecule has 29 heavy (non-hydrogen) atoms. The summed E-state index contributed by atoms with van der Waals surface area (Å²) in [6, 6.07) is 10.1. The number of H-pyrrole nitrogens is 1. The first-order chi connectivity index (χ1) is 13.9. The van der Waals surface area contributed by atoms with E-state index in [1.165, 1.54) is 10.9 Å². The Labute approximate surface area is 171 Å². The summed E-state index contributed by atoms with van der Waals surface area (Å²) in [6.45, 7) is 8.53. The van der Waals surface area contributed by atoms with Gasteiger partial charge >= 0.3 is 0 Å². The third kappa shape index (κ3) is 3.50. The predicted octanol–water partition coefficient (Wildman–Crippen LogP) is 4.41. The maximum atomic E-state index is 13.2. The third-order valence-electron chi connectivity index (χ3n) is 5.90. The van der Waals surface area contributed by atoms with Crippen molar-refractivity contribution in [3.05, 3.63) is 68.8 Å². The fourth-order valence-corrected chi connectivity index (χ4v) is 4.59. The van der Waals surface area contributed by atoms with Crippen LogP contribution in [0.15, 0.2) is 35.1 Å². The van der Waals surface area contributed by atoms with Crippen molar-refractivity contribution in [1.82, 2.24) is 14.9 Å². The van der Waals surface area contributed by atoms with E-state index in [2.05, 4.69) is 36.3 Å². The number of benzene rings is 1. The second-order valence-electron chi connectivity index (χ2n) is 8.63. The number of aromatic nitrogens is 2. The van der Waals surface area contributed by atoms with Crippen LogP contribution in [0.1, 0.15) is 65.6 Å². The molecule has 1 amide bonds. The van der Waals surface area contributed by atoms with Crippen molar-refractivity contribution in [2.45, 2.75) is 59.5 Å². The van der Waals surface area contributed by atoms with Gasteiger partial charge in [-0.05, 0) is 62.3 Å². The topological polar surface area (TPSA) is 66.9 Å². The van der Waals surface area contributed by atoms with Crippen molar-refractivity contribution in [2.24, 2.45) is 5.92 Å². The van der Waals surface area contributed by atoms with Crippen LogP contribution >= 0.6 is 0 Å². The van der Waals surface area contributed by atoms with Crippen LogP contribution in [0.2, 0.25) is 0 Å². The summed E-state index contributed by atoms with van der Waals surface area (Å²) >= 11 is 0. The molecule has 1 aliphatic rings. The lowest BCUT2D eigenvalue weighted by atomic mass is 9.91. The van der Waals surface area contributed by atoms with Crippen molar-refractivity contribution in [3.63, 3.8) is 0 Å². The third-order valence-corrected chi connectivity index (χ3v) is 5.90. The molecule has 1 aromatic carbocycles. The smallest absolute Gasteiger partial charge is 0.263 e. The number of nitrogens with zero attached hydrogens (tertiary/aromatic N) is 1. The number of hydrogen-bond acceptors (Lipinski definition) is 2. The normalized spacial score (nSPS) is 16.2. The SMILES string of the molecule is Cc1cc(C)n(CC(C)C)c(=O)c1C(=O)N[C@H]1CCCc2c1[nH]c1ccccc21. The molecule has 152 valence electrons. The number of pyridine rings is 1. The summed E-state index contributed by atoms with van der Waals surface area (Å²) in [5.74, 6) is 0.0544. The molecule has 0 aliphatic heterocycles. The number of carbonyl (C=O) groups is 1. The van der Waals surface area contributed by atoms with Gasteiger partial charge in [0.25, 0.3) is 11.5 Å². The standard InChI is InChI=1S/C24H29N3O2/c1-14(2)13-27-16(4)12-15(3)21(24(27)29)23(28)26-20-11-7-9-18-17-8-5-6-10-19(17)25-22(18)20/h5-6,8,10,12,14,20,25H,7,9,11,13H2,1-4H3,(H,26,28)/t20-/m0/s1. The minimum atomic E-state index is -0.276. The molecule has 2 aromatic heterocycles. The van der Waals surface area contributed by atoms with Crippen molar-refractivity contribution in [3.8, 4) is 0 Å². The Morgan fingerprint density at radius 2 is 2.03 bits per heavy atom. The van der Waals surface area contributed by atoms with E-state index >= 15 is 0 Å². The Balaban J connectivity index is 1.69. The van der Waals surface area contributed by atoms with Crippen LogP contribution in [0.25, 0.3) is 10.9 Å². The summed E-state index contributed by atoms with van der Waals surface area (Å²) in [5, 5.41) is 4.38. The average Bonchev–Trinajstić information content (AvgIpc) is 3.05. The lowest BCUT2D eigenvalue weighted by Gasteiger charge is -2.24. The van der Waals surface area contributed by atoms with Gasteiger partial charge in [0, 0.05) is 28.8 Å². The molecule has 1 aliphatic carbocycles. The van der Waals surface area contributed by atoms with Crippen molar-refractivity contribution in [2.75, 3.05) is 0 Å². The summed E-state index contributed by atoms with van der Waals surface area (Å²) in [5.41, 5.74) is 5.17. The lowest BCUT2D eigenvalue weighted by Crippen LogP contribution is -2.38. The number of hydrogen-bond donors (Lipinski definition) is 2. The molecule has 5 nitrogen and oxygen atoms in total. The van der Waals surface area contributed by atoms with Crippen LogP contribution in [-0.4, -0.2) is 15.5 Å². The molecule has 2 heterocycles. The zero-order valence-electron chi connectivity index (χ0n) is 17.6. The van der Waals surface area contributed by atoms with Crippen LogP contribution in [0, 0.1) is 19.8 Å². The van der Waals surface area contributed by atoms with Crippen LogP contribution in [0.5, 0.6) is 0 Å². The molecule has 2 N–H and O–H groups in total. The Morgan fingerprint density at radius 3 is 2.79 bits per heavy atom. The maximum absolute atomic E-state index is 13.2. The minimum Gasteiger partial charge on any atom is -0.356 e. The summed E-state index contributed by atoms with van der Waals surface area (Å²) in [7, 11) is 0. The lowest BCUT2D eigenvalue weighted by molar-refractivity contribution is 0.0929. The van der Waals surface area contributed by atoms with Gasteiger partial charge < -0.3 is 14.9 Å². The zero-order valence-corrected chi connectivity index (χ0v) is 17.6. The van der Waals surface area contributed by atoms with E-state index < -0.39 is 0 Å². The second-order valence-corrected chi connectivity index (χ2v) is 8.63. The summed E-state index contributed by atoms with van der Waals surface area (Å²) in [4.78, 5) is 29.8. The van der Waals surface area contributed by atoms with Gasteiger partial charge in [-0.2, -0.15) is 0 Å². The predicted molar refractivity (Wildman–Crippen MR) is 116 cm³/mol. The van der Waals surface area contributed by atoms with E-state index in [9.17, 15) is 9.59 Å². The number of fused-ring (bicyclic) bond motifs is 3. The van der Waals surface area contributed by atoms with Gasteiger partial charge in [-0.1, -0.05) is 32.0 Å². The number of nitrogens with one attached hydrogen (secondary N) is 2. The van der Waals surface area contributed by atoms with Crippen molar-refractivity contribution < 1.29 is 4.79 Å². The highest BCUT2D eigenvalue weighted by molar-refractivity contribution is 5.96. The zero-order chi connectivity index (χ0) is 20.7. The fraction of sp³-hybridized carbons (Fsp3) is 0.417. The first-order valence-electron chi connectivity index (χ1n) is 10.5. The van der Waals surface area contributed by atoms with Crippen molar-refractivity contribution >= 4 is 16.8 Å². The van der Waals surface area contributed by atoms with E-state index in [1.54, 1.807) is 4.57 Å². The highest BCUT2D eigenvalue weighted by Crippen LogP contribution is 2.34. The monoisotopic (exact) mass is 391 g/mol. The Morgan fingerprint density at radius 1 is 1.28 bits per heavy atom. The van der Waals surface area contributed by atoms with E-state index in [-0.39, 0.29) is 23.1 Å². The van der Waals surface area contributed by atoms with Gasteiger partial charge in [0.15, 0.2) is 0 Å². The summed E-state index contributed by atoms with van der Waals surface area (Å²) in [6.07, 6.45) is 2.90. The average molecular weight is 392 g/mol. The number of para-hydroxylation sites is 1. The van der Waals surface area contributed by atoms with Gasteiger partial charge in [-0.15, -0.1) is 0 Å². The maximum Gasteiger partial charge on any atom is 0.263 e. The van der Waals surface area contributed by atoms with Crippen molar-refractivity contribution in [1.29, 1.82) is 0 Å².